The van der Waals surface area contributed by atoms with Crippen LogP contribution in [0.25, 0.3) is 0 Å². The van der Waals surface area contributed by atoms with Crippen LogP contribution in [0.2, 0.25) is 0 Å². The molecule has 1 aromatic heterocycles. The Bertz CT molecular complexity index is 603. The predicted molar refractivity (Wildman–Crippen MR) is 99.2 cm³/mol. The molecule has 0 aliphatic carbocycles. The molecule has 0 amide bonds. The van der Waals surface area contributed by atoms with Crippen LogP contribution in [0.3, 0.4) is 0 Å². The fourth-order valence-electron chi connectivity index (χ4n) is 4.54. The summed E-state index contributed by atoms with van der Waals surface area (Å²) in [7, 11) is 4.51. The maximum absolute atomic E-state index is 9.76. The standard InChI is InChI=1S/C18H30N6O/c1-21-11-12-22(2)18(14-21)5-9-23(10-6-18)17-19-7-3-16(20-17)24-8-4-15(25)13-24/h3,7,15,25H,4-6,8-14H2,1-2H3/t15-/m0/s1. The molecule has 3 fully saturated rings. The van der Waals surface area contributed by atoms with Crippen molar-refractivity contribution in [1.29, 1.82) is 0 Å². The average molecular weight is 346 g/mol. The maximum atomic E-state index is 9.76. The van der Waals surface area contributed by atoms with E-state index in [1.54, 1.807) is 0 Å². The van der Waals surface area contributed by atoms with E-state index in [-0.39, 0.29) is 6.10 Å². The minimum absolute atomic E-state index is 0.230. The lowest BCUT2D eigenvalue weighted by Gasteiger charge is -2.52. The van der Waals surface area contributed by atoms with Crippen LogP contribution in [-0.2, 0) is 0 Å². The molecule has 7 heteroatoms. The van der Waals surface area contributed by atoms with Gasteiger partial charge in [-0.1, -0.05) is 0 Å². The average Bonchev–Trinajstić information content (AvgIpc) is 3.06. The Kier molecular flexibility index (Phi) is 4.56. The monoisotopic (exact) mass is 346 g/mol. The first-order valence-electron chi connectivity index (χ1n) is 9.47. The Morgan fingerprint density at radius 2 is 1.88 bits per heavy atom. The molecule has 0 saturated carbocycles. The van der Waals surface area contributed by atoms with Gasteiger partial charge in [-0.3, -0.25) is 4.90 Å². The first-order chi connectivity index (χ1) is 12.1. The minimum atomic E-state index is -0.230. The fraction of sp³-hybridized carbons (Fsp3) is 0.778. The highest BCUT2D eigenvalue weighted by Crippen LogP contribution is 2.32. The van der Waals surface area contributed by atoms with Crippen molar-refractivity contribution < 1.29 is 5.11 Å². The number of nitrogens with zero attached hydrogens (tertiary/aromatic N) is 6. The zero-order valence-electron chi connectivity index (χ0n) is 15.4. The van der Waals surface area contributed by atoms with Crippen molar-refractivity contribution in [3.8, 4) is 0 Å². The van der Waals surface area contributed by atoms with Crippen LogP contribution in [0, 0.1) is 0 Å². The van der Waals surface area contributed by atoms with Gasteiger partial charge in [-0.2, -0.15) is 4.98 Å². The van der Waals surface area contributed by atoms with Crippen molar-refractivity contribution in [2.24, 2.45) is 0 Å². The van der Waals surface area contributed by atoms with Gasteiger partial charge in [0.05, 0.1) is 6.10 Å². The van der Waals surface area contributed by atoms with Crippen molar-refractivity contribution in [3.05, 3.63) is 12.3 Å². The van der Waals surface area contributed by atoms with Crippen LogP contribution < -0.4 is 9.80 Å². The number of β-amino-alcohol motifs (C(OH)–C–C–N with tert-alkyl or cyclic N) is 1. The highest BCUT2D eigenvalue weighted by molar-refractivity contribution is 5.45. The second kappa shape index (κ2) is 6.70. The summed E-state index contributed by atoms with van der Waals surface area (Å²) in [6.07, 6.45) is 4.76. The van der Waals surface area contributed by atoms with E-state index in [9.17, 15) is 5.11 Å². The summed E-state index contributed by atoms with van der Waals surface area (Å²) in [5, 5.41) is 9.76. The van der Waals surface area contributed by atoms with Gasteiger partial charge < -0.3 is 19.8 Å². The molecule has 7 nitrogen and oxygen atoms in total. The molecule has 1 aromatic rings. The third-order valence-electron chi connectivity index (χ3n) is 6.28. The van der Waals surface area contributed by atoms with Gasteiger partial charge in [0.25, 0.3) is 0 Å². The summed E-state index contributed by atoms with van der Waals surface area (Å²) in [6, 6.07) is 1.96. The Labute approximate surface area is 150 Å². The third kappa shape index (κ3) is 3.32. The molecule has 3 saturated heterocycles. The lowest BCUT2D eigenvalue weighted by molar-refractivity contribution is 0.00928. The predicted octanol–water partition coefficient (Wildman–Crippen LogP) is 0.264. The molecule has 0 unspecified atom stereocenters. The van der Waals surface area contributed by atoms with Crippen LogP contribution in [0.15, 0.2) is 12.3 Å². The van der Waals surface area contributed by atoms with Gasteiger partial charge in [0, 0.05) is 57.5 Å². The van der Waals surface area contributed by atoms with Crippen molar-refractivity contribution in [1.82, 2.24) is 19.8 Å². The number of likely N-dealkylation sites (N-methyl/N-ethyl adjacent to an activating group) is 2. The third-order valence-corrected chi connectivity index (χ3v) is 6.28. The summed E-state index contributed by atoms with van der Waals surface area (Å²) in [4.78, 5) is 18.8. The number of aliphatic hydroxyl groups is 1. The summed E-state index contributed by atoms with van der Waals surface area (Å²) in [5.41, 5.74) is 0.306. The number of piperazine rings is 1. The van der Waals surface area contributed by atoms with E-state index < -0.39 is 0 Å². The number of aliphatic hydroxyl groups excluding tert-OH is 1. The van der Waals surface area contributed by atoms with Crippen LogP contribution in [0.4, 0.5) is 11.8 Å². The van der Waals surface area contributed by atoms with Crippen molar-refractivity contribution in [3.63, 3.8) is 0 Å². The quantitative estimate of drug-likeness (QED) is 0.824. The molecule has 4 heterocycles. The molecular formula is C18H30N6O. The number of aromatic nitrogens is 2. The van der Waals surface area contributed by atoms with Crippen molar-refractivity contribution in [2.75, 3.05) is 69.7 Å². The molecule has 0 bridgehead atoms. The molecule has 1 atom stereocenters. The molecular weight excluding hydrogens is 316 g/mol. The van der Waals surface area contributed by atoms with Crippen molar-refractivity contribution in [2.45, 2.75) is 30.9 Å². The summed E-state index contributed by atoms with van der Waals surface area (Å²) in [6.45, 7) is 7.03. The van der Waals surface area contributed by atoms with E-state index in [1.807, 2.05) is 12.3 Å². The number of rotatable bonds is 2. The second-order valence-corrected chi connectivity index (χ2v) is 7.97. The van der Waals surface area contributed by atoms with Gasteiger partial charge in [-0.25, -0.2) is 4.98 Å². The van der Waals surface area contributed by atoms with Gasteiger partial charge in [-0.05, 0) is 39.4 Å². The van der Waals surface area contributed by atoms with Gasteiger partial charge in [0.15, 0.2) is 0 Å². The largest absolute Gasteiger partial charge is 0.391 e. The van der Waals surface area contributed by atoms with Crippen LogP contribution in [0.5, 0.6) is 0 Å². The zero-order chi connectivity index (χ0) is 17.4. The Morgan fingerprint density at radius 3 is 2.60 bits per heavy atom. The Hall–Kier alpha value is -1.44. The first-order valence-corrected chi connectivity index (χ1v) is 9.47. The first kappa shape index (κ1) is 17.0. The molecule has 3 aliphatic rings. The molecule has 1 N–H and O–H groups in total. The highest BCUT2D eigenvalue weighted by atomic mass is 16.3. The lowest BCUT2D eigenvalue weighted by atomic mass is 9.84. The molecule has 4 rings (SSSR count). The maximum Gasteiger partial charge on any atom is 0.227 e. The van der Waals surface area contributed by atoms with E-state index in [4.69, 9.17) is 4.98 Å². The summed E-state index contributed by atoms with van der Waals surface area (Å²) >= 11 is 0. The van der Waals surface area contributed by atoms with E-state index in [0.717, 1.165) is 70.3 Å². The van der Waals surface area contributed by atoms with Crippen molar-refractivity contribution >= 4 is 11.8 Å². The Morgan fingerprint density at radius 1 is 1.08 bits per heavy atom. The zero-order valence-corrected chi connectivity index (χ0v) is 15.4. The molecule has 0 aromatic carbocycles. The van der Waals surface area contributed by atoms with E-state index >= 15 is 0 Å². The molecule has 3 aliphatic heterocycles. The highest BCUT2D eigenvalue weighted by Gasteiger charge is 2.41. The number of hydrogen-bond acceptors (Lipinski definition) is 7. The summed E-state index contributed by atoms with van der Waals surface area (Å²) < 4.78 is 0. The molecule has 0 radical (unpaired) electrons. The smallest absolute Gasteiger partial charge is 0.227 e. The van der Waals surface area contributed by atoms with Gasteiger partial charge in [0.2, 0.25) is 5.95 Å². The van der Waals surface area contributed by atoms with Gasteiger partial charge >= 0.3 is 0 Å². The number of hydrogen-bond donors (Lipinski definition) is 1. The van der Waals surface area contributed by atoms with E-state index in [2.05, 4.69) is 38.7 Å². The fourth-order valence-corrected chi connectivity index (χ4v) is 4.54. The topological polar surface area (TPSA) is 59.0 Å². The summed E-state index contributed by atoms with van der Waals surface area (Å²) in [5.74, 6) is 1.77. The Balaban J connectivity index is 1.44. The lowest BCUT2D eigenvalue weighted by Crippen LogP contribution is -2.63. The van der Waals surface area contributed by atoms with Gasteiger partial charge in [0.1, 0.15) is 5.82 Å². The minimum Gasteiger partial charge on any atom is -0.391 e. The van der Waals surface area contributed by atoms with E-state index in [0.29, 0.717) is 12.1 Å². The normalized spacial score (nSPS) is 28.0. The molecule has 1 spiro atoms. The van der Waals surface area contributed by atoms with Crippen LogP contribution in [0.1, 0.15) is 19.3 Å². The van der Waals surface area contributed by atoms with E-state index in [1.165, 1.54) is 0 Å². The number of piperidine rings is 1. The number of anilines is 2. The SMILES string of the molecule is CN1CCN(C)C2(CCN(c3nccc(N4CC[C@H](O)C4)n3)CC2)C1. The van der Waals surface area contributed by atoms with Crippen LogP contribution in [-0.4, -0.2) is 96.4 Å². The van der Waals surface area contributed by atoms with Crippen LogP contribution >= 0.6 is 0 Å². The second-order valence-electron chi connectivity index (χ2n) is 7.97. The molecule has 25 heavy (non-hydrogen) atoms. The molecule has 138 valence electrons. The van der Waals surface area contributed by atoms with Gasteiger partial charge in [-0.15, -0.1) is 0 Å².